The number of aliphatic carboxylic acids is 1. The van der Waals surface area contributed by atoms with Crippen LogP contribution in [0.3, 0.4) is 0 Å². The van der Waals surface area contributed by atoms with Gasteiger partial charge in [-0.3, -0.25) is 9.36 Å². The van der Waals surface area contributed by atoms with Crippen LogP contribution in [0, 0.1) is 0 Å². The Labute approximate surface area is 186 Å². The van der Waals surface area contributed by atoms with Gasteiger partial charge in [-0.1, -0.05) is 58.7 Å². The van der Waals surface area contributed by atoms with Gasteiger partial charge in [0.2, 0.25) is 0 Å². The Morgan fingerprint density at radius 2 is 1.87 bits per heavy atom. The molecule has 1 atom stereocenters. The molecule has 0 saturated heterocycles. The molecule has 4 aromatic rings. The van der Waals surface area contributed by atoms with Crippen LogP contribution in [-0.2, 0) is 11.2 Å². The molecule has 31 heavy (non-hydrogen) atoms. The number of carboxylic acids is 1. The average molecular weight is 456 g/mol. The molecule has 0 bridgehead atoms. The molecule has 1 N–H and O–H groups in total. The molecule has 2 aromatic carbocycles. The molecule has 0 unspecified atom stereocenters. The van der Waals surface area contributed by atoms with Gasteiger partial charge in [-0.2, -0.15) is 0 Å². The number of benzene rings is 2. The largest absolute Gasteiger partial charge is 0.480 e. The highest BCUT2D eigenvalue weighted by Crippen LogP contribution is 2.28. The van der Waals surface area contributed by atoms with E-state index in [2.05, 4.69) is 15.3 Å². The first kappa shape index (κ1) is 20.8. The lowest BCUT2D eigenvalue weighted by Gasteiger charge is -2.16. The van der Waals surface area contributed by atoms with Crippen molar-refractivity contribution in [2.24, 2.45) is 0 Å². The number of hydrogen-bond acceptors (Lipinski definition) is 5. The zero-order valence-electron chi connectivity index (χ0n) is 15.9. The van der Waals surface area contributed by atoms with Crippen LogP contribution in [-0.4, -0.2) is 35.6 Å². The topological polar surface area (TPSA) is 103 Å². The first-order valence-electron chi connectivity index (χ1n) is 9.15. The Hall–Kier alpha value is -3.49. The Morgan fingerprint density at radius 1 is 1.10 bits per heavy atom. The van der Waals surface area contributed by atoms with Crippen LogP contribution in [0.4, 0.5) is 0 Å². The van der Waals surface area contributed by atoms with E-state index in [1.165, 1.54) is 23.3 Å². The summed E-state index contributed by atoms with van der Waals surface area (Å²) < 4.78 is 2.55. The molecule has 156 valence electrons. The molecule has 4 rings (SSSR count). The molecule has 0 spiro atoms. The molecular formula is C21H15Cl2N5O3. The maximum atomic E-state index is 12.9. The van der Waals surface area contributed by atoms with Gasteiger partial charge in [0.1, 0.15) is 6.04 Å². The Balaban J connectivity index is 1.75. The van der Waals surface area contributed by atoms with Gasteiger partial charge in [-0.25, -0.2) is 14.5 Å². The number of carboxylic acid groups (broad SMARTS) is 1. The minimum Gasteiger partial charge on any atom is -0.480 e. The Kier molecular flexibility index (Phi) is 5.83. The standard InChI is InChI=1S/C21H15Cl2N5O3/c22-14-6-7-17(28-11-19(23)25-26-28)15(9-14)16-10-20(29)27(12-24-16)18(21(30)31)8-13-4-2-1-3-5-13/h1-7,9-12,18H,8H2,(H,30,31)/t18-/m0/s1. The highest BCUT2D eigenvalue weighted by Gasteiger charge is 2.22. The predicted molar refractivity (Wildman–Crippen MR) is 116 cm³/mol. The first-order chi connectivity index (χ1) is 14.9. The Morgan fingerprint density at radius 3 is 2.52 bits per heavy atom. The summed E-state index contributed by atoms with van der Waals surface area (Å²) in [6.07, 6.45) is 2.89. The van der Waals surface area contributed by atoms with Crippen molar-refractivity contribution in [1.29, 1.82) is 0 Å². The van der Waals surface area contributed by atoms with Crippen LogP contribution in [0.25, 0.3) is 16.9 Å². The highest BCUT2D eigenvalue weighted by molar-refractivity contribution is 6.31. The van der Waals surface area contributed by atoms with Crippen molar-refractivity contribution in [3.63, 3.8) is 0 Å². The summed E-state index contributed by atoms with van der Waals surface area (Å²) in [6, 6.07) is 14.3. The number of rotatable bonds is 6. The molecule has 0 radical (unpaired) electrons. The molecular weight excluding hydrogens is 441 g/mol. The highest BCUT2D eigenvalue weighted by atomic mass is 35.5. The lowest BCUT2D eigenvalue weighted by atomic mass is 10.1. The SMILES string of the molecule is O=C(O)[C@H](Cc1ccccc1)n1cnc(-c2cc(Cl)ccc2-n2cc(Cl)nn2)cc1=O. The molecule has 2 heterocycles. The van der Waals surface area contributed by atoms with E-state index in [1.807, 2.05) is 30.3 Å². The molecule has 2 aromatic heterocycles. The Bertz CT molecular complexity index is 1300. The van der Waals surface area contributed by atoms with Crippen LogP contribution in [0.2, 0.25) is 10.2 Å². The lowest BCUT2D eigenvalue weighted by Crippen LogP contribution is -2.31. The van der Waals surface area contributed by atoms with Gasteiger partial charge in [0.15, 0.2) is 5.15 Å². The second-order valence-electron chi connectivity index (χ2n) is 6.71. The van der Waals surface area contributed by atoms with Gasteiger partial charge in [0, 0.05) is 23.1 Å². The van der Waals surface area contributed by atoms with Crippen molar-refractivity contribution in [2.75, 3.05) is 0 Å². The third-order valence-corrected chi connectivity index (χ3v) is 5.08. The lowest BCUT2D eigenvalue weighted by molar-refractivity contribution is -0.141. The first-order valence-corrected chi connectivity index (χ1v) is 9.91. The second kappa shape index (κ2) is 8.71. The van der Waals surface area contributed by atoms with Gasteiger partial charge in [-0.05, 0) is 23.8 Å². The van der Waals surface area contributed by atoms with Gasteiger partial charge in [0.05, 0.1) is 23.9 Å². The fourth-order valence-corrected chi connectivity index (χ4v) is 3.51. The third kappa shape index (κ3) is 4.50. The smallest absolute Gasteiger partial charge is 0.327 e. The van der Waals surface area contributed by atoms with Crippen molar-refractivity contribution < 1.29 is 9.90 Å². The van der Waals surface area contributed by atoms with Gasteiger partial charge in [-0.15, -0.1) is 5.10 Å². The second-order valence-corrected chi connectivity index (χ2v) is 7.53. The molecule has 0 fully saturated rings. The van der Waals surface area contributed by atoms with E-state index in [4.69, 9.17) is 23.2 Å². The molecule has 10 heteroatoms. The number of halogens is 2. The van der Waals surface area contributed by atoms with E-state index in [0.29, 0.717) is 22.0 Å². The summed E-state index contributed by atoms with van der Waals surface area (Å²) in [4.78, 5) is 29.1. The molecule has 8 nitrogen and oxygen atoms in total. The third-order valence-electron chi connectivity index (χ3n) is 4.68. The number of hydrogen-bond donors (Lipinski definition) is 1. The average Bonchev–Trinajstić information content (AvgIpc) is 3.19. The van der Waals surface area contributed by atoms with Gasteiger partial charge < -0.3 is 5.11 Å². The summed E-state index contributed by atoms with van der Waals surface area (Å²) in [5.74, 6) is -1.12. The van der Waals surface area contributed by atoms with Crippen LogP contribution < -0.4 is 5.56 Å². The zero-order valence-corrected chi connectivity index (χ0v) is 17.4. The summed E-state index contributed by atoms with van der Waals surface area (Å²) in [6.45, 7) is 0. The predicted octanol–water partition coefficient (Wildman–Crippen LogP) is 3.67. The fourth-order valence-electron chi connectivity index (χ4n) is 3.21. The van der Waals surface area contributed by atoms with E-state index < -0.39 is 17.6 Å². The summed E-state index contributed by atoms with van der Waals surface area (Å²) in [5.41, 5.74) is 1.69. The molecule has 0 aliphatic heterocycles. The minimum absolute atomic E-state index is 0.150. The molecule has 0 amide bonds. The van der Waals surface area contributed by atoms with E-state index in [9.17, 15) is 14.7 Å². The fraction of sp³-hybridized carbons (Fsp3) is 0.0952. The summed E-state index contributed by atoms with van der Waals surface area (Å²) >= 11 is 12.0. The van der Waals surface area contributed by atoms with E-state index in [0.717, 1.165) is 10.1 Å². The van der Waals surface area contributed by atoms with Crippen LogP contribution in [0.15, 0.2) is 71.9 Å². The van der Waals surface area contributed by atoms with Crippen LogP contribution in [0.1, 0.15) is 11.6 Å². The summed E-state index contributed by atoms with van der Waals surface area (Å²) in [5, 5.41) is 18.0. The van der Waals surface area contributed by atoms with Crippen LogP contribution in [0.5, 0.6) is 0 Å². The quantitative estimate of drug-likeness (QED) is 0.475. The molecule has 0 saturated carbocycles. The van der Waals surface area contributed by atoms with Gasteiger partial charge in [0.25, 0.3) is 5.56 Å². The van der Waals surface area contributed by atoms with E-state index in [-0.39, 0.29) is 11.6 Å². The zero-order chi connectivity index (χ0) is 22.0. The van der Waals surface area contributed by atoms with E-state index >= 15 is 0 Å². The monoisotopic (exact) mass is 455 g/mol. The van der Waals surface area contributed by atoms with Crippen molar-refractivity contribution in [3.8, 4) is 16.9 Å². The van der Waals surface area contributed by atoms with Crippen molar-refractivity contribution in [2.45, 2.75) is 12.5 Å². The van der Waals surface area contributed by atoms with Crippen LogP contribution >= 0.6 is 23.2 Å². The van der Waals surface area contributed by atoms with Crippen molar-refractivity contribution in [3.05, 3.63) is 93.2 Å². The molecule has 0 aliphatic rings. The maximum Gasteiger partial charge on any atom is 0.327 e. The van der Waals surface area contributed by atoms with Crippen molar-refractivity contribution >= 4 is 29.2 Å². The minimum atomic E-state index is -1.12. The normalized spacial score (nSPS) is 11.9. The van der Waals surface area contributed by atoms with Gasteiger partial charge >= 0.3 is 5.97 Å². The maximum absolute atomic E-state index is 12.9. The number of nitrogens with zero attached hydrogens (tertiary/aromatic N) is 5. The number of aromatic nitrogens is 5. The number of carbonyl (C=O) groups is 1. The molecule has 0 aliphatic carbocycles. The van der Waals surface area contributed by atoms with Crippen molar-refractivity contribution in [1.82, 2.24) is 24.5 Å². The van der Waals surface area contributed by atoms with E-state index in [1.54, 1.807) is 18.2 Å². The summed E-state index contributed by atoms with van der Waals surface area (Å²) in [7, 11) is 0.